The van der Waals surface area contributed by atoms with Gasteiger partial charge in [-0.3, -0.25) is 10.1 Å². The number of nitrogens with one attached hydrogen (secondary N) is 1. The van der Waals surface area contributed by atoms with Crippen molar-refractivity contribution < 1.29 is 20.1 Å². The molecule has 2 atom stereocenters. The minimum Gasteiger partial charge on any atom is -0.480 e. The zero-order valence-corrected chi connectivity index (χ0v) is 11.2. The summed E-state index contributed by atoms with van der Waals surface area (Å²) in [5.74, 6) is 0.280. The van der Waals surface area contributed by atoms with E-state index >= 15 is 0 Å². The lowest BCUT2D eigenvalue weighted by atomic mass is 9.95. The maximum absolute atomic E-state index is 11.6. The van der Waals surface area contributed by atoms with Crippen molar-refractivity contribution in [2.45, 2.75) is 43.4 Å². The first-order chi connectivity index (χ1) is 8.58. The van der Waals surface area contributed by atoms with E-state index in [0.717, 1.165) is 25.7 Å². The van der Waals surface area contributed by atoms with Crippen molar-refractivity contribution in [1.82, 2.24) is 5.32 Å². The Morgan fingerprint density at radius 2 is 2.06 bits per heavy atom. The van der Waals surface area contributed by atoms with Gasteiger partial charge < -0.3 is 15.3 Å². The molecule has 0 bridgehead atoms. The third-order valence-electron chi connectivity index (χ3n) is 3.55. The lowest BCUT2D eigenvalue weighted by molar-refractivity contribution is -0.145. The summed E-state index contributed by atoms with van der Waals surface area (Å²) in [4.78, 5) is 11.6. The number of hydrogen-bond acceptors (Lipinski definition) is 5. The quantitative estimate of drug-likeness (QED) is 0.476. The zero-order chi connectivity index (χ0) is 13.2. The van der Waals surface area contributed by atoms with Crippen LogP contribution in [0.2, 0.25) is 0 Å². The van der Waals surface area contributed by atoms with Crippen LogP contribution >= 0.6 is 11.8 Å². The molecule has 5 nitrogen and oxygen atoms in total. The number of hydrogen-bond donors (Lipinski definition) is 4. The van der Waals surface area contributed by atoms with Crippen LogP contribution < -0.4 is 5.32 Å². The first kappa shape index (κ1) is 14.1. The normalized spacial score (nSPS) is 24.6. The molecule has 0 saturated heterocycles. The Bertz CT molecular complexity index is 306. The SMILES string of the molecule is O=C(O)C(CSCC(O)CO)(NC1CC1)C1CC1. The molecular formula is C12H21NO4S. The fourth-order valence-corrected chi connectivity index (χ4v) is 3.41. The highest BCUT2D eigenvalue weighted by Gasteiger charge is 2.53. The number of carboxylic acids is 1. The summed E-state index contributed by atoms with van der Waals surface area (Å²) in [7, 11) is 0. The largest absolute Gasteiger partial charge is 0.480 e. The van der Waals surface area contributed by atoms with Gasteiger partial charge in [0.2, 0.25) is 0 Å². The highest BCUT2D eigenvalue weighted by molar-refractivity contribution is 7.99. The van der Waals surface area contributed by atoms with Crippen LogP contribution in [0, 0.1) is 5.92 Å². The standard InChI is InChI=1S/C12H21NO4S/c14-5-10(15)6-18-7-12(11(16)17,8-1-2-8)13-9-3-4-9/h8-10,13-15H,1-7H2,(H,16,17). The Morgan fingerprint density at radius 3 is 2.50 bits per heavy atom. The van der Waals surface area contributed by atoms with Crippen LogP contribution in [-0.4, -0.2) is 57.1 Å². The maximum atomic E-state index is 11.6. The lowest BCUT2D eigenvalue weighted by Crippen LogP contribution is -2.57. The number of carbonyl (C=O) groups is 1. The molecule has 0 spiro atoms. The Morgan fingerprint density at radius 1 is 1.39 bits per heavy atom. The second-order valence-corrected chi connectivity index (χ2v) is 6.35. The molecule has 0 heterocycles. The van der Waals surface area contributed by atoms with Gasteiger partial charge >= 0.3 is 5.97 Å². The van der Waals surface area contributed by atoms with Gasteiger partial charge in [-0.05, 0) is 31.6 Å². The van der Waals surface area contributed by atoms with Crippen LogP contribution in [0.5, 0.6) is 0 Å². The molecule has 0 aromatic carbocycles. The number of carboxylic acid groups (broad SMARTS) is 1. The molecule has 18 heavy (non-hydrogen) atoms. The smallest absolute Gasteiger partial charge is 0.325 e. The first-order valence-electron chi connectivity index (χ1n) is 6.46. The molecule has 2 aliphatic rings. The first-order valence-corrected chi connectivity index (χ1v) is 7.61. The van der Waals surface area contributed by atoms with Crippen molar-refractivity contribution in [3.05, 3.63) is 0 Å². The topological polar surface area (TPSA) is 89.8 Å². The van der Waals surface area contributed by atoms with Gasteiger partial charge in [-0.15, -0.1) is 0 Å². The minimum atomic E-state index is -0.832. The van der Waals surface area contributed by atoms with E-state index in [1.165, 1.54) is 11.8 Å². The van der Waals surface area contributed by atoms with Crippen LogP contribution in [0.4, 0.5) is 0 Å². The molecule has 0 aromatic rings. The third-order valence-corrected chi connectivity index (χ3v) is 4.83. The summed E-state index contributed by atoms with van der Waals surface area (Å²) in [6.45, 7) is -0.271. The Hall–Kier alpha value is -0.300. The summed E-state index contributed by atoms with van der Waals surface area (Å²) in [5, 5.41) is 30.9. The van der Waals surface area contributed by atoms with E-state index in [4.69, 9.17) is 5.11 Å². The number of aliphatic hydroxyl groups is 2. The van der Waals surface area contributed by atoms with Crippen molar-refractivity contribution in [3.63, 3.8) is 0 Å². The lowest BCUT2D eigenvalue weighted by Gasteiger charge is -2.31. The van der Waals surface area contributed by atoms with E-state index in [-0.39, 0.29) is 12.5 Å². The Labute approximate surface area is 111 Å². The van der Waals surface area contributed by atoms with Crippen LogP contribution in [0.15, 0.2) is 0 Å². The number of aliphatic hydroxyl groups excluding tert-OH is 2. The number of aliphatic carboxylic acids is 1. The van der Waals surface area contributed by atoms with E-state index in [0.29, 0.717) is 17.5 Å². The average molecular weight is 275 g/mol. The molecule has 0 aliphatic heterocycles. The van der Waals surface area contributed by atoms with E-state index < -0.39 is 17.6 Å². The van der Waals surface area contributed by atoms with Gasteiger partial charge in [0.15, 0.2) is 0 Å². The number of thioether (sulfide) groups is 1. The summed E-state index contributed by atoms with van der Waals surface area (Å²) in [6.07, 6.45) is 3.29. The molecule has 2 aliphatic carbocycles. The predicted molar refractivity (Wildman–Crippen MR) is 69.7 cm³/mol. The van der Waals surface area contributed by atoms with Crippen LogP contribution in [-0.2, 0) is 4.79 Å². The molecule has 6 heteroatoms. The molecule has 4 N–H and O–H groups in total. The van der Waals surface area contributed by atoms with Gasteiger partial charge in [0.05, 0.1) is 12.7 Å². The molecule has 0 aromatic heterocycles. The second-order valence-electron chi connectivity index (χ2n) is 5.32. The molecule has 2 saturated carbocycles. The van der Waals surface area contributed by atoms with Gasteiger partial charge in [0.25, 0.3) is 0 Å². The van der Waals surface area contributed by atoms with E-state index in [2.05, 4.69) is 5.32 Å². The van der Waals surface area contributed by atoms with Crippen molar-refractivity contribution >= 4 is 17.7 Å². The fraction of sp³-hybridized carbons (Fsp3) is 0.917. The van der Waals surface area contributed by atoms with Gasteiger partial charge in [-0.25, -0.2) is 0 Å². The molecule has 0 amide bonds. The molecule has 2 fully saturated rings. The molecule has 2 unspecified atom stereocenters. The van der Waals surface area contributed by atoms with E-state index in [1.807, 2.05) is 0 Å². The van der Waals surface area contributed by atoms with Gasteiger partial charge in [0.1, 0.15) is 5.54 Å². The highest BCUT2D eigenvalue weighted by atomic mass is 32.2. The Balaban J connectivity index is 1.92. The third kappa shape index (κ3) is 3.38. The molecule has 0 radical (unpaired) electrons. The second kappa shape index (κ2) is 5.77. The van der Waals surface area contributed by atoms with Crippen LogP contribution in [0.1, 0.15) is 25.7 Å². The van der Waals surface area contributed by atoms with Gasteiger partial charge in [-0.2, -0.15) is 11.8 Å². The zero-order valence-electron chi connectivity index (χ0n) is 10.3. The Kier molecular flexibility index (Phi) is 4.53. The summed E-state index contributed by atoms with van der Waals surface area (Å²) in [6, 6.07) is 0.352. The van der Waals surface area contributed by atoms with Gasteiger partial charge in [-0.1, -0.05) is 0 Å². The molecule has 2 rings (SSSR count). The predicted octanol–water partition coefficient (Wildman–Crippen LogP) is 0.0582. The number of rotatable bonds is 9. The highest BCUT2D eigenvalue weighted by Crippen LogP contribution is 2.43. The summed E-state index contributed by atoms with van der Waals surface area (Å²) < 4.78 is 0. The minimum absolute atomic E-state index is 0.217. The summed E-state index contributed by atoms with van der Waals surface area (Å²) in [5.41, 5.74) is -0.832. The van der Waals surface area contributed by atoms with E-state index in [9.17, 15) is 15.0 Å². The van der Waals surface area contributed by atoms with Gasteiger partial charge in [0, 0.05) is 17.5 Å². The molecular weight excluding hydrogens is 254 g/mol. The average Bonchev–Trinajstić information content (AvgIpc) is 3.18. The van der Waals surface area contributed by atoms with Crippen molar-refractivity contribution in [2.24, 2.45) is 5.92 Å². The summed E-state index contributed by atoms with van der Waals surface area (Å²) >= 11 is 1.41. The van der Waals surface area contributed by atoms with Crippen LogP contribution in [0.3, 0.4) is 0 Å². The van der Waals surface area contributed by atoms with Crippen molar-refractivity contribution in [2.75, 3.05) is 18.1 Å². The van der Waals surface area contributed by atoms with Crippen molar-refractivity contribution in [3.8, 4) is 0 Å². The monoisotopic (exact) mass is 275 g/mol. The van der Waals surface area contributed by atoms with E-state index in [1.54, 1.807) is 0 Å². The fourth-order valence-electron chi connectivity index (χ4n) is 2.15. The van der Waals surface area contributed by atoms with Crippen molar-refractivity contribution in [1.29, 1.82) is 0 Å². The van der Waals surface area contributed by atoms with Crippen LogP contribution in [0.25, 0.3) is 0 Å². The maximum Gasteiger partial charge on any atom is 0.325 e. The molecule has 104 valence electrons.